The highest BCUT2D eigenvalue weighted by molar-refractivity contribution is 14.2. The molecular formula is C12H15IS2. The molecule has 0 unspecified atom stereocenters. The number of halogens is 1. The lowest BCUT2D eigenvalue weighted by Crippen LogP contribution is -1.85. The minimum atomic E-state index is 1.04. The molecule has 0 nitrogen and oxygen atoms in total. The van der Waals surface area contributed by atoms with E-state index in [1.54, 1.807) is 0 Å². The Morgan fingerprint density at radius 2 is 1.93 bits per heavy atom. The first-order chi connectivity index (χ1) is 7.38. The molecule has 0 saturated heterocycles. The van der Waals surface area contributed by atoms with Crippen LogP contribution in [0.2, 0.25) is 0 Å². The molecule has 0 amide bonds. The minimum Gasteiger partial charge on any atom is -0.161 e. The predicted octanol–water partition coefficient (Wildman–Crippen LogP) is 4.97. The van der Waals surface area contributed by atoms with Crippen LogP contribution in [0, 0.1) is 11.2 Å². The molecule has 0 saturated carbocycles. The van der Waals surface area contributed by atoms with Gasteiger partial charge in [0.2, 0.25) is 0 Å². The Morgan fingerprint density at radius 3 is 2.53 bits per heavy atom. The number of hydrogen-bond acceptors (Lipinski definition) is 2. The Balaban J connectivity index is 0.000000921. The normalized spacial score (nSPS) is 8.27. The smallest absolute Gasteiger partial charge is 0.0294 e. The van der Waals surface area contributed by atoms with Crippen molar-refractivity contribution in [2.24, 2.45) is 0 Å². The van der Waals surface area contributed by atoms with Crippen LogP contribution in [0.4, 0.5) is 0 Å². The lowest BCUT2D eigenvalue weighted by molar-refractivity contribution is 1.39. The van der Waals surface area contributed by atoms with Crippen molar-refractivity contribution in [1.82, 2.24) is 0 Å². The molecule has 15 heavy (non-hydrogen) atoms. The second-order valence-electron chi connectivity index (χ2n) is 2.39. The third kappa shape index (κ3) is 6.39. The lowest BCUT2D eigenvalue weighted by atomic mass is 10.1. The average Bonchev–Trinajstić information content (AvgIpc) is 2.31. The number of thioether (sulfide) groups is 1. The highest BCUT2D eigenvalue weighted by Crippen LogP contribution is 2.15. The van der Waals surface area contributed by atoms with E-state index in [0.29, 0.717) is 0 Å². The van der Waals surface area contributed by atoms with E-state index in [1.165, 1.54) is 14.5 Å². The Morgan fingerprint density at radius 1 is 1.27 bits per heavy atom. The van der Waals surface area contributed by atoms with Gasteiger partial charge in [0.1, 0.15) is 0 Å². The molecule has 0 aliphatic heterocycles. The van der Waals surface area contributed by atoms with Crippen molar-refractivity contribution in [3.8, 4) is 11.2 Å². The van der Waals surface area contributed by atoms with Gasteiger partial charge in [0.25, 0.3) is 0 Å². The van der Waals surface area contributed by atoms with E-state index < -0.39 is 0 Å². The SMILES string of the molecule is CC.CSCc1ccccc1C#CSI. The van der Waals surface area contributed by atoms with Gasteiger partial charge in [0.15, 0.2) is 0 Å². The minimum absolute atomic E-state index is 1.04. The molecule has 0 fully saturated rings. The largest absolute Gasteiger partial charge is 0.161 e. The molecule has 0 atom stereocenters. The summed E-state index contributed by atoms with van der Waals surface area (Å²) in [6.07, 6.45) is 2.11. The number of hydrogen-bond donors (Lipinski definition) is 0. The van der Waals surface area contributed by atoms with Crippen molar-refractivity contribution < 1.29 is 0 Å². The zero-order chi connectivity index (χ0) is 11.5. The second-order valence-corrected chi connectivity index (χ2v) is 4.94. The summed E-state index contributed by atoms with van der Waals surface area (Å²) in [5, 5.41) is 3.01. The molecular weight excluding hydrogens is 335 g/mol. The summed E-state index contributed by atoms with van der Waals surface area (Å²) in [6, 6.07) is 8.31. The summed E-state index contributed by atoms with van der Waals surface area (Å²) < 4.78 is 0. The summed E-state index contributed by atoms with van der Waals surface area (Å²) in [5.41, 5.74) is 2.48. The number of benzene rings is 1. The van der Waals surface area contributed by atoms with Gasteiger partial charge in [-0.3, -0.25) is 0 Å². The summed E-state index contributed by atoms with van der Waals surface area (Å²) in [5.74, 6) is 4.18. The van der Waals surface area contributed by atoms with E-state index >= 15 is 0 Å². The molecule has 0 aliphatic rings. The van der Waals surface area contributed by atoms with Crippen LogP contribution in [0.5, 0.6) is 0 Å². The third-order valence-corrected chi connectivity index (χ3v) is 2.98. The summed E-state index contributed by atoms with van der Waals surface area (Å²) in [4.78, 5) is 0. The van der Waals surface area contributed by atoms with Crippen molar-refractivity contribution in [3.63, 3.8) is 0 Å². The molecule has 0 N–H and O–H groups in total. The molecule has 3 heteroatoms. The first-order valence-corrected chi connectivity index (χ1v) is 9.49. The van der Waals surface area contributed by atoms with Gasteiger partial charge in [0, 0.05) is 32.5 Å². The molecule has 82 valence electrons. The highest BCUT2D eigenvalue weighted by Gasteiger charge is 1.96. The fourth-order valence-corrected chi connectivity index (χ4v) is 2.04. The van der Waals surface area contributed by atoms with Gasteiger partial charge >= 0.3 is 0 Å². The van der Waals surface area contributed by atoms with Crippen LogP contribution in [0.3, 0.4) is 0 Å². The predicted molar refractivity (Wildman–Crippen MR) is 83.5 cm³/mol. The standard InChI is InChI=1S/C10H9IS2.C2H6/c1-12-8-10-5-3-2-4-9(10)6-7-13-11;1-2/h2-5H,8H2,1H3;1-2H3. The Kier molecular flexibility index (Phi) is 10.9. The van der Waals surface area contributed by atoms with Crippen LogP contribution in [0.1, 0.15) is 25.0 Å². The fourth-order valence-electron chi connectivity index (χ4n) is 0.998. The maximum absolute atomic E-state index is 3.14. The summed E-state index contributed by atoms with van der Waals surface area (Å²) in [6.45, 7) is 4.00. The zero-order valence-electron chi connectivity index (χ0n) is 9.21. The van der Waals surface area contributed by atoms with Gasteiger partial charge in [0.05, 0.1) is 0 Å². The van der Waals surface area contributed by atoms with Crippen LogP contribution < -0.4 is 0 Å². The molecule has 1 rings (SSSR count). The van der Waals surface area contributed by atoms with E-state index in [1.807, 2.05) is 31.7 Å². The summed E-state index contributed by atoms with van der Waals surface area (Å²) in [7, 11) is 1.53. The maximum Gasteiger partial charge on any atom is 0.0294 e. The molecule has 0 aromatic heterocycles. The van der Waals surface area contributed by atoms with E-state index in [-0.39, 0.29) is 0 Å². The van der Waals surface area contributed by atoms with Crippen LogP contribution in [0.25, 0.3) is 0 Å². The number of rotatable bonds is 2. The van der Waals surface area contributed by atoms with E-state index in [9.17, 15) is 0 Å². The van der Waals surface area contributed by atoms with E-state index in [4.69, 9.17) is 0 Å². The van der Waals surface area contributed by atoms with E-state index in [2.05, 4.69) is 56.8 Å². The third-order valence-electron chi connectivity index (χ3n) is 1.54. The van der Waals surface area contributed by atoms with Gasteiger partial charge in [-0.1, -0.05) is 38.0 Å². The van der Waals surface area contributed by atoms with Crippen molar-refractivity contribution in [3.05, 3.63) is 35.4 Å². The van der Waals surface area contributed by atoms with Gasteiger partial charge in [-0.15, -0.1) is 0 Å². The highest BCUT2D eigenvalue weighted by atomic mass is 127. The lowest BCUT2D eigenvalue weighted by Gasteiger charge is -2.00. The first kappa shape index (κ1) is 15.2. The Hall–Kier alpha value is 0.210. The maximum atomic E-state index is 3.14. The van der Waals surface area contributed by atoms with Crippen LogP contribution in [0.15, 0.2) is 24.3 Å². The quantitative estimate of drug-likeness (QED) is 0.546. The van der Waals surface area contributed by atoms with Crippen LogP contribution >= 0.6 is 41.9 Å². The molecule has 0 bridgehead atoms. The first-order valence-electron chi connectivity index (χ1n) is 4.74. The van der Waals surface area contributed by atoms with Gasteiger partial charge in [-0.05, 0) is 32.1 Å². The monoisotopic (exact) mass is 350 g/mol. The Labute approximate surface area is 114 Å². The van der Waals surface area contributed by atoms with Crippen LogP contribution in [-0.4, -0.2) is 6.26 Å². The topological polar surface area (TPSA) is 0 Å². The van der Waals surface area contributed by atoms with Crippen molar-refractivity contribution in [1.29, 1.82) is 0 Å². The fraction of sp³-hybridized carbons (Fsp3) is 0.333. The van der Waals surface area contributed by atoms with Crippen molar-refractivity contribution >= 4 is 41.9 Å². The van der Waals surface area contributed by atoms with Crippen LogP contribution in [-0.2, 0) is 5.75 Å². The van der Waals surface area contributed by atoms with Gasteiger partial charge in [-0.25, -0.2) is 0 Å². The average molecular weight is 350 g/mol. The van der Waals surface area contributed by atoms with Crippen molar-refractivity contribution in [2.75, 3.05) is 6.26 Å². The van der Waals surface area contributed by atoms with E-state index in [0.717, 1.165) is 11.3 Å². The zero-order valence-corrected chi connectivity index (χ0v) is 13.0. The Bertz CT molecular complexity index is 326. The second kappa shape index (κ2) is 10.7. The molecule has 0 heterocycles. The van der Waals surface area contributed by atoms with Gasteiger partial charge in [-0.2, -0.15) is 11.8 Å². The molecule has 0 radical (unpaired) electrons. The molecule has 0 aliphatic carbocycles. The van der Waals surface area contributed by atoms with Gasteiger partial charge < -0.3 is 0 Å². The van der Waals surface area contributed by atoms with Crippen molar-refractivity contribution in [2.45, 2.75) is 19.6 Å². The molecule has 1 aromatic rings. The summed E-state index contributed by atoms with van der Waals surface area (Å²) >= 11 is 4.01. The molecule has 1 aromatic carbocycles. The molecule has 0 spiro atoms.